The average molecular weight is 462 g/mol. The zero-order chi connectivity index (χ0) is 23.5. The Kier molecular flexibility index (Phi) is 6.38. The quantitative estimate of drug-likeness (QED) is 0.490. The molecule has 7 heteroatoms. The van der Waals surface area contributed by atoms with Crippen molar-refractivity contribution in [2.75, 3.05) is 35.8 Å². The van der Waals surface area contributed by atoms with Crippen LogP contribution in [0.3, 0.4) is 0 Å². The third-order valence-electron chi connectivity index (χ3n) is 5.28. The molecule has 6 nitrogen and oxygen atoms in total. The summed E-state index contributed by atoms with van der Waals surface area (Å²) in [6.07, 6.45) is 0. The number of anilines is 3. The van der Waals surface area contributed by atoms with Crippen molar-refractivity contribution < 1.29 is 14.3 Å². The minimum atomic E-state index is -0.428. The fourth-order valence-electron chi connectivity index (χ4n) is 3.61. The molecule has 0 bridgehead atoms. The van der Waals surface area contributed by atoms with Crippen molar-refractivity contribution >= 4 is 46.1 Å². The lowest BCUT2D eigenvalue weighted by atomic mass is 10.0. The number of hydrogen-bond donors (Lipinski definition) is 1. The van der Waals surface area contributed by atoms with Gasteiger partial charge in [0.15, 0.2) is 0 Å². The number of amides is 2. The first-order chi connectivity index (χ1) is 15.9. The SMILES string of the molecule is CCOc1ccc(C2=C(Nc3ccc(N(C)C)cc3)C(=O)N(c3ccc(Cl)cc3)C2=O)cc1. The van der Waals surface area contributed by atoms with E-state index in [2.05, 4.69) is 5.32 Å². The molecule has 0 fully saturated rings. The van der Waals surface area contributed by atoms with Crippen LogP contribution in [-0.4, -0.2) is 32.5 Å². The second kappa shape index (κ2) is 9.38. The topological polar surface area (TPSA) is 61.9 Å². The van der Waals surface area contributed by atoms with E-state index >= 15 is 0 Å². The number of rotatable bonds is 7. The molecule has 0 aromatic heterocycles. The first kappa shape index (κ1) is 22.4. The zero-order valence-corrected chi connectivity index (χ0v) is 19.4. The molecule has 1 aliphatic heterocycles. The Morgan fingerprint density at radius 2 is 1.52 bits per heavy atom. The van der Waals surface area contributed by atoms with Crippen molar-refractivity contribution in [3.8, 4) is 5.75 Å². The molecule has 2 amide bonds. The molecule has 3 aromatic rings. The Labute approximate surface area is 198 Å². The van der Waals surface area contributed by atoms with E-state index in [0.29, 0.717) is 39.9 Å². The summed E-state index contributed by atoms with van der Waals surface area (Å²) < 4.78 is 5.52. The van der Waals surface area contributed by atoms with Crippen molar-refractivity contribution in [1.29, 1.82) is 0 Å². The molecule has 4 rings (SSSR count). The number of ether oxygens (including phenoxy) is 1. The predicted octanol–water partition coefficient (Wildman–Crippen LogP) is 5.20. The molecule has 0 aliphatic carbocycles. The van der Waals surface area contributed by atoms with Crippen molar-refractivity contribution in [2.45, 2.75) is 6.92 Å². The average Bonchev–Trinajstić information content (AvgIpc) is 3.05. The fraction of sp³-hybridized carbons (Fsp3) is 0.154. The molecule has 1 heterocycles. The summed E-state index contributed by atoms with van der Waals surface area (Å²) >= 11 is 6.00. The lowest BCUT2D eigenvalue weighted by Gasteiger charge is -2.16. The van der Waals surface area contributed by atoms with Crippen LogP contribution < -0.4 is 19.9 Å². The van der Waals surface area contributed by atoms with E-state index in [1.54, 1.807) is 48.5 Å². The maximum atomic E-state index is 13.5. The maximum Gasteiger partial charge on any atom is 0.282 e. The molecular formula is C26H24ClN3O3. The molecule has 168 valence electrons. The van der Waals surface area contributed by atoms with Gasteiger partial charge >= 0.3 is 0 Å². The molecule has 0 atom stereocenters. The van der Waals surface area contributed by atoms with Crippen LogP contribution in [0, 0.1) is 0 Å². The lowest BCUT2D eigenvalue weighted by Crippen LogP contribution is -2.32. The monoisotopic (exact) mass is 461 g/mol. The highest BCUT2D eigenvalue weighted by atomic mass is 35.5. The van der Waals surface area contributed by atoms with E-state index in [0.717, 1.165) is 5.69 Å². The number of carbonyl (C=O) groups excluding carboxylic acids is 2. The van der Waals surface area contributed by atoms with E-state index in [1.807, 2.05) is 50.2 Å². The van der Waals surface area contributed by atoms with Gasteiger partial charge in [0.1, 0.15) is 11.4 Å². The summed E-state index contributed by atoms with van der Waals surface area (Å²) in [4.78, 5) is 30.1. The van der Waals surface area contributed by atoms with Crippen molar-refractivity contribution in [1.82, 2.24) is 0 Å². The summed E-state index contributed by atoms with van der Waals surface area (Å²) in [5.74, 6) is -0.135. The van der Waals surface area contributed by atoms with Gasteiger partial charge in [0, 0.05) is 30.5 Å². The minimum Gasteiger partial charge on any atom is -0.494 e. The number of nitrogens with one attached hydrogen (secondary N) is 1. The molecule has 1 aliphatic rings. The third-order valence-corrected chi connectivity index (χ3v) is 5.53. The van der Waals surface area contributed by atoms with Crippen molar-refractivity contribution in [2.24, 2.45) is 0 Å². The molecule has 1 N–H and O–H groups in total. The molecular weight excluding hydrogens is 438 g/mol. The van der Waals surface area contributed by atoms with E-state index in [1.165, 1.54) is 4.90 Å². The molecule has 0 saturated carbocycles. The van der Waals surface area contributed by atoms with E-state index in [9.17, 15) is 9.59 Å². The van der Waals surface area contributed by atoms with Gasteiger partial charge in [-0.25, -0.2) is 4.90 Å². The summed E-state index contributed by atoms with van der Waals surface area (Å²) in [7, 11) is 3.91. The van der Waals surface area contributed by atoms with Gasteiger partial charge in [0.2, 0.25) is 0 Å². The Bertz CT molecular complexity index is 1200. The number of hydrogen-bond acceptors (Lipinski definition) is 5. The first-order valence-electron chi connectivity index (χ1n) is 10.6. The normalized spacial score (nSPS) is 13.5. The summed E-state index contributed by atoms with van der Waals surface area (Å²) in [6, 6.07) is 21.4. The first-order valence-corrected chi connectivity index (χ1v) is 10.9. The van der Waals surface area contributed by atoms with Crippen LogP contribution in [0.5, 0.6) is 5.75 Å². The second-order valence-electron chi connectivity index (χ2n) is 7.70. The van der Waals surface area contributed by atoms with Crippen LogP contribution in [0.2, 0.25) is 5.02 Å². The maximum absolute atomic E-state index is 13.5. The van der Waals surface area contributed by atoms with Crippen molar-refractivity contribution in [3.05, 3.63) is 89.1 Å². The molecule has 0 unspecified atom stereocenters. The standard InChI is InChI=1S/C26H24ClN3O3/c1-4-33-22-15-5-17(6-16-22)23-24(28-19-9-13-20(14-10-19)29(2)3)26(32)30(25(23)31)21-11-7-18(27)8-12-21/h5-16,28H,4H2,1-3H3. The highest BCUT2D eigenvalue weighted by molar-refractivity contribution is 6.46. The number of nitrogens with zero attached hydrogens (tertiary/aromatic N) is 2. The van der Waals surface area contributed by atoms with Gasteiger partial charge in [-0.05, 0) is 73.2 Å². The summed E-state index contributed by atoms with van der Waals surface area (Å²) in [5.41, 5.74) is 3.33. The molecule has 33 heavy (non-hydrogen) atoms. The molecule has 0 radical (unpaired) electrons. The summed E-state index contributed by atoms with van der Waals surface area (Å²) in [5, 5.41) is 3.70. The Morgan fingerprint density at radius 1 is 0.879 bits per heavy atom. The van der Waals surface area contributed by atoms with Gasteiger partial charge in [0.05, 0.1) is 17.9 Å². The van der Waals surface area contributed by atoms with Crippen LogP contribution in [0.4, 0.5) is 17.1 Å². The van der Waals surface area contributed by atoms with Gasteiger partial charge in [0.25, 0.3) is 11.8 Å². The van der Waals surface area contributed by atoms with Gasteiger partial charge in [-0.15, -0.1) is 0 Å². The van der Waals surface area contributed by atoms with Gasteiger partial charge < -0.3 is 15.0 Å². The second-order valence-corrected chi connectivity index (χ2v) is 8.13. The smallest absolute Gasteiger partial charge is 0.282 e. The number of halogens is 1. The molecule has 0 saturated heterocycles. The van der Waals surface area contributed by atoms with Crippen LogP contribution in [0.15, 0.2) is 78.5 Å². The van der Waals surface area contributed by atoms with Gasteiger partial charge in [-0.1, -0.05) is 23.7 Å². The van der Waals surface area contributed by atoms with E-state index in [4.69, 9.17) is 16.3 Å². The van der Waals surface area contributed by atoms with Gasteiger partial charge in [-0.2, -0.15) is 0 Å². The van der Waals surface area contributed by atoms with Crippen LogP contribution in [0.1, 0.15) is 12.5 Å². The van der Waals surface area contributed by atoms with Crippen LogP contribution in [0.25, 0.3) is 5.57 Å². The highest BCUT2D eigenvalue weighted by Gasteiger charge is 2.40. The van der Waals surface area contributed by atoms with Crippen LogP contribution in [-0.2, 0) is 9.59 Å². The van der Waals surface area contributed by atoms with E-state index < -0.39 is 11.8 Å². The number of benzene rings is 3. The zero-order valence-electron chi connectivity index (χ0n) is 18.6. The Hall–Kier alpha value is -3.77. The van der Waals surface area contributed by atoms with Crippen molar-refractivity contribution in [3.63, 3.8) is 0 Å². The van der Waals surface area contributed by atoms with E-state index in [-0.39, 0.29) is 5.70 Å². The van der Waals surface area contributed by atoms with Gasteiger partial charge in [-0.3, -0.25) is 9.59 Å². The lowest BCUT2D eigenvalue weighted by molar-refractivity contribution is -0.120. The molecule has 0 spiro atoms. The highest BCUT2D eigenvalue weighted by Crippen LogP contribution is 2.35. The Morgan fingerprint density at radius 3 is 2.09 bits per heavy atom. The van der Waals surface area contributed by atoms with Crippen LogP contribution >= 0.6 is 11.6 Å². The summed E-state index contributed by atoms with van der Waals surface area (Å²) in [6.45, 7) is 2.45. The number of imide groups is 1. The number of carbonyl (C=O) groups is 2. The minimum absolute atomic E-state index is 0.219. The third kappa shape index (κ3) is 4.56. The largest absolute Gasteiger partial charge is 0.494 e. The fourth-order valence-corrected chi connectivity index (χ4v) is 3.74. The predicted molar refractivity (Wildman–Crippen MR) is 133 cm³/mol. The Balaban J connectivity index is 1.75. The molecule has 3 aromatic carbocycles.